The van der Waals surface area contributed by atoms with Crippen LogP contribution in [0.1, 0.15) is 99.2 Å². The summed E-state index contributed by atoms with van der Waals surface area (Å²) in [5.74, 6) is 1.36. The van der Waals surface area contributed by atoms with E-state index < -0.39 is 0 Å². The lowest BCUT2D eigenvalue weighted by atomic mass is 9.66. The number of hydrogen-bond donors (Lipinski definition) is 1. The number of ketones is 1. The van der Waals surface area contributed by atoms with Gasteiger partial charge in [0.25, 0.3) is 0 Å². The number of aromatic hydroxyl groups is 1. The fourth-order valence-corrected chi connectivity index (χ4v) is 5.86. The van der Waals surface area contributed by atoms with Crippen LogP contribution in [0.25, 0.3) is 0 Å². The van der Waals surface area contributed by atoms with Crippen LogP contribution in [-0.2, 0) is 0 Å². The molecule has 0 aromatic heterocycles. The molecule has 0 bridgehead atoms. The van der Waals surface area contributed by atoms with E-state index in [1.165, 1.54) is 17.6 Å². The largest absolute Gasteiger partial charge is 0.507 e. The number of fused-ring (bicyclic) bond motifs is 2. The first kappa shape index (κ1) is 25.2. The van der Waals surface area contributed by atoms with E-state index in [4.69, 9.17) is 14.2 Å². The Morgan fingerprint density at radius 1 is 1.09 bits per heavy atom. The van der Waals surface area contributed by atoms with E-state index in [2.05, 4.69) is 27.7 Å². The summed E-state index contributed by atoms with van der Waals surface area (Å²) in [6, 6.07) is 7.06. The van der Waals surface area contributed by atoms with Crippen molar-refractivity contribution in [3.63, 3.8) is 0 Å². The maximum absolute atomic E-state index is 13.9. The molecule has 4 rings (SSSR count). The van der Waals surface area contributed by atoms with Gasteiger partial charge < -0.3 is 19.3 Å². The van der Waals surface area contributed by atoms with Crippen LogP contribution in [0.5, 0.6) is 23.0 Å². The van der Waals surface area contributed by atoms with Crippen molar-refractivity contribution in [2.24, 2.45) is 5.41 Å². The SMILES string of the molecule is CCCCOc1cc(OC)cc2c1C(=O)c1c(O)ccc(OC)c1[C@H]2CC1=C(C)CCCC1(C)C. The summed E-state index contributed by atoms with van der Waals surface area (Å²) in [6.07, 6.45) is 6.03. The first-order valence-electron chi connectivity index (χ1n) is 12.7. The van der Waals surface area contributed by atoms with E-state index in [-0.39, 0.29) is 22.9 Å². The van der Waals surface area contributed by atoms with Gasteiger partial charge in [0, 0.05) is 17.5 Å². The molecule has 2 aliphatic rings. The van der Waals surface area contributed by atoms with Crippen molar-refractivity contribution in [2.45, 2.75) is 72.1 Å². The van der Waals surface area contributed by atoms with Gasteiger partial charge in [0.15, 0.2) is 0 Å². The lowest BCUT2D eigenvalue weighted by molar-refractivity contribution is 0.102. The van der Waals surface area contributed by atoms with Gasteiger partial charge in [0.2, 0.25) is 5.78 Å². The van der Waals surface area contributed by atoms with Gasteiger partial charge >= 0.3 is 0 Å². The van der Waals surface area contributed by atoms with Crippen molar-refractivity contribution in [2.75, 3.05) is 20.8 Å². The minimum absolute atomic E-state index is 0.0228. The summed E-state index contributed by atoms with van der Waals surface area (Å²) >= 11 is 0. The molecule has 0 unspecified atom stereocenters. The number of carbonyl (C=O) groups excluding carboxylic acids is 1. The number of phenols is 1. The Labute approximate surface area is 209 Å². The van der Waals surface area contributed by atoms with Crippen molar-refractivity contribution in [3.8, 4) is 23.0 Å². The van der Waals surface area contributed by atoms with Crippen LogP contribution in [0, 0.1) is 5.41 Å². The minimum atomic E-state index is -0.231. The maximum Gasteiger partial charge on any atom is 0.201 e. The lowest BCUT2D eigenvalue weighted by Gasteiger charge is -2.38. The highest BCUT2D eigenvalue weighted by Crippen LogP contribution is 2.53. The fourth-order valence-electron chi connectivity index (χ4n) is 5.86. The highest BCUT2D eigenvalue weighted by atomic mass is 16.5. The number of hydrogen-bond acceptors (Lipinski definition) is 5. The van der Waals surface area contributed by atoms with Crippen LogP contribution in [0.4, 0.5) is 0 Å². The van der Waals surface area contributed by atoms with Gasteiger partial charge in [0.1, 0.15) is 23.0 Å². The second-order valence-corrected chi connectivity index (χ2v) is 10.4. The smallest absolute Gasteiger partial charge is 0.201 e. The number of phenolic OH excluding ortho intramolecular Hbond substituents is 1. The van der Waals surface area contributed by atoms with E-state index in [1.807, 2.05) is 6.07 Å². The number of methoxy groups -OCH3 is 2. The summed E-state index contributed by atoms with van der Waals surface area (Å²) in [4.78, 5) is 13.9. The number of benzene rings is 2. The zero-order chi connectivity index (χ0) is 25.3. The lowest BCUT2D eigenvalue weighted by Crippen LogP contribution is -2.26. The average molecular weight is 479 g/mol. The Balaban J connectivity index is 1.98. The molecule has 0 heterocycles. The van der Waals surface area contributed by atoms with E-state index >= 15 is 0 Å². The van der Waals surface area contributed by atoms with Crippen molar-refractivity contribution >= 4 is 5.78 Å². The van der Waals surface area contributed by atoms with Gasteiger partial charge in [0.05, 0.1) is 32.0 Å². The van der Waals surface area contributed by atoms with Crippen LogP contribution < -0.4 is 14.2 Å². The predicted molar refractivity (Wildman–Crippen MR) is 138 cm³/mol. The highest BCUT2D eigenvalue weighted by Gasteiger charge is 2.41. The molecule has 0 fully saturated rings. The van der Waals surface area contributed by atoms with Gasteiger partial charge in [-0.1, -0.05) is 38.3 Å². The van der Waals surface area contributed by atoms with Crippen molar-refractivity contribution in [1.82, 2.24) is 0 Å². The molecule has 2 aliphatic carbocycles. The summed E-state index contributed by atoms with van der Waals surface area (Å²) in [5, 5.41) is 10.9. The van der Waals surface area contributed by atoms with Crippen LogP contribution in [-0.4, -0.2) is 31.7 Å². The van der Waals surface area contributed by atoms with Gasteiger partial charge in [-0.15, -0.1) is 0 Å². The Hall–Kier alpha value is -2.95. The topological polar surface area (TPSA) is 65.0 Å². The molecule has 0 aliphatic heterocycles. The van der Waals surface area contributed by atoms with Gasteiger partial charge in [-0.2, -0.15) is 0 Å². The molecule has 1 N–H and O–H groups in total. The fraction of sp³-hybridized carbons (Fsp3) is 0.500. The molecule has 0 saturated heterocycles. The summed E-state index contributed by atoms with van der Waals surface area (Å²) in [7, 11) is 3.25. The standard InChI is InChI=1S/C30H38O5/c1-7-8-14-35-25-16-19(33-5)15-20-21(17-22-18(2)10-9-13-30(22,3)4)26-24(34-6)12-11-23(31)28(26)29(32)27(20)25/h11-12,15-16,21,31H,7-10,13-14,17H2,1-6H3/t21-/m0/s1. The second kappa shape index (κ2) is 9.96. The monoisotopic (exact) mass is 478 g/mol. The average Bonchev–Trinajstić information content (AvgIpc) is 2.82. The predicted octanol–water partition coefficient (Wildman–Crippen LogP) is 7.18. The number of ether oxygens (including phenoxy) is 3. The molecule has 0 saturated carbocycles. The van der Waals surface area contributed by atoms with Crippen LogP contribution in [0.2, 0.25) is 0 Å². The third-order valence-corrected chi connectivity index (χ3v) is 7.77. The molecule has 5 nitrogen and oxygen atoms in total. The summed E-state index contributed by atoms with van der Waals surface area (Å²) in [5.41, 5.74) is 5.37. The molecular formula is C30H38O5. The van der Waals surface area contributed by atoms with Crippen LogP contribution >= 0.6 is 0 Å². The summed E-state index contributed by atoms with van der Waals surface area (Å²) in [6.45, 7) is 9.48. The molecule has 188 valence electrons. The number of unbranched alkanes of at least 4 members (excludes halogenated alkanes) is 1. The van der Waals surface area contributed by atoms with E-state index in [0.717, 1.165) is 43.2 Å². The Morgan fingerprint density at radius 2 is 1.86 bits per heavy atom. The van der Waals surface area contributed by atoms with E-state index in [0.29, 0.717) is 35.0 Å². The van der Waals surface area contributed by atoms with Crippen LogP contribution in [0.3, 0.4) is 0 Å². The normalized spacial score (nSPS) is 18.7. The first-order valence-corrected chi connectivity index (χ1v) is 12.7. The third-order valence-electron chi connectivity index (χ3n) is 7.77. The van der Waals surface area contributed by atoms with Crippen molar-refractivity contribution in [3.05, 3.63) is 57.7 Å². The second-order valence-electron chi connectivity index (χ2n) is 10.4. The number of allylic oxidation sites excluding steroid dienone is 2. The quantitative estimate of drug-likeness (QED) is 0.321. The molecule has 2 aromatic carbocycles. The Kier molecular flexibility index (Phi) is 7.16. The van der Waals surface area contributed by atoms with Gasteiger partial charge in [-0.3, -0.25) is 4.79 Å². The zero-order valence-electron chi connectivity index (χ0n) is 21.9. The number of rotatable bonds is 8. The van der Waals surface area contributed by atoms with Crippen molar-refractivity contribution < 1.29 is 24.1 Å². The third kappa shape index (κ3) is 4.53. The number of carbonyl (C=O) groups is 1. The van der Waals surface area contributed by atoms with Gasteiger partial charge in [-0.25, -0.2) is 0 Å². The molecule has 0 radical (unpaired) electrons. The Morgan fingerprint density at radius 3 is 2.51 bits per heavy atom. The molecule has 0 amide bonds. The Bertz CT molecular complexity index is 1160. The molecule has 5 heteroatoms. The van der Waals surface area contributed by atoms with E-state index in [9.17, 15) is 9.90 Å². The molecule has 2 aromatic rings. The molecule has 0 spiro atoms. The first-order chi connectivity index (χ1) is 16.7. The molecular weight excluding hydrogens is 440 g/mol. The highest BCUT2D eigenvalue weighted by molar-refractivity contribution is 6.16. The minimum Gasteiger partial charge on any atom is -0.507 e. The maximum atomic E-state index is 13.9. The molecule has 1 atom stereocenters. The summed E-state index contributed by atoms with van der Waals surface area (Å²) < 4.78 is 17.5. The van der Waals surface area contributed by atoms with Crippen LogP contribution in [0.15, 0.2) is 35.4 Å². The molecule has 35 heavy (non-hydrogen) atoms. The van der Waals surface area contributed by atoms with E-state index in [1.54, 1.807) is 32.4 Å². The van der Waals surface area contributed by atoms with Gasteiger partial charge in [-0.05, 0) is 68.2 Å². The van der Waals surface area contributed by atoms with Crippen molar-refractivity contribution in [1.29, 1.82) is 0 Å². The zero-order valence-corrected chi connectivity index (χ0v) is 21.9.